The molecule has 2 aromatic rings. The van der Waals surface area contributed by atoms with Gasteiger partial charge in [-0.2, -0.15) is 0 Å². The number of halogens is 1. The van der Waals surface area contributed by atoms with Crippen LogP contribution in [0.15, 0.2) is 15.6 Å². The molecule has 0 saturated heterocycles. The number of hydrogen-bond donors (Lipinski definition) is 2. The Hall–Kier alpha value is -1.52. The lowest BCUT2D eigenvalue weighted by Crippen LogP contribution is -2.11. The highest BCUT2D eigenvalue weighted by molar-refractivity contribution is 8.01. The first-order valence-corrected chi connectivity index (χ1v) is 6.41. The zero-order chi connectivity index (χ0) is 13.1. The summed E-state index contributed by atoms with van der Waals surface area (Å²) in [5, 5.41) is 8.78. The first-order chi connectivity index (χ1) is 8.60. The van der Waals surface area contributed by atoms with E-state index >= 15 is 0 Å². The number of hydrogen-bond acceptors (Lipinski definition) is 9. The molecule has 0 atom stereocenters. The van der Waals surface area contributed by atoms with Crippen molar-refractivity contribution in [2.24, 2.45) is 5.84 Å². The van der Waals surface area contributed by atoms with Gasteiger partial charge in [0.1, 0.15) is 5.03 Å². The lowest BCUT2D eigenvalue weighted by molar-refractivity contribution is 0.580. The first kappa shape index (κ1) is 12.9. The number of aromatic nitrogens is 4. The maximum Gasteiger partial charge on any atom is 0.238 e. The summed E-state index contributed by atoms with van der Waals surface area (Å²) >= 11 is 2.42. The third kappa shape index (κ3) is 2.83. The molecule has 0 spiro atoms. The SMILES string of the molecule is CN(C)c1nnc(Sc2nc(NN)ncc2F)s1. The number of hydrazine groups is 1. The maximum absolute atomic E-state index is 13.5. The molecule has 0 saturated carbocycles. The monoisotopic (exact) mass is 287 g/mol. The topological polar surface area (TPSA) is 92.9 Å². The van der Waals surface area contributed by atoms with E-state index in [4.69, 9.17) is 5.84 Å². The van der Waals surface area contributed by atoms with Crippen molar-refractivity contribution in [1.82, 2.24) is 20.2 Å². The molecule has 0 amide bonds. The fourth-order valence-corrected chi connectivity index (χ4v) is 2.66. The van der Waals surface area contributed by atoms with Gasteiger partial charge < -0.3 is 4.90 Å². The molecule has 0 aliphatic carbocycles. The van der Waals surface area contributed by atoms with Crippen LogP contribution < -0.4 is 16.2 Å². The average molecular weight is 287 g/mol. The summed E-state index contributed by atoms with van der Waals surface area (Å²) in [4.78, 5) is 9.39. The maximum atomic E-state index is 13.5. The van der Waals surface area contributed by atoms with E-state index in [9.17, 15) is 4.39 Å². The molecular formula is C8H10FN7S2. The zero-order valence-electron chi connectivity index (χ0n) is 9.59. The summed E-state index contributed by atoms with van der Waals surface area (Å²) < 4.78 is 14.1. The van der Waals surface area contributed by atoms with Crippen LogP contribution in [0.3, 0.4) is 0 Å². The van der Waals surface area contributed by atoms with Gasteiger partial charge in [0.05, 0.1) is 6.20 Å². The van der Waals surface area contributed by atoms with E-state index in [-0.39, 0.29) is 11.0 Å². The van der Waals surface area contributed by atoms with Crippen LogP contribution in [-0.4, -0.2) is 34.3 Å². The highest BCUT2D eigenvalue weighted by Crippen LogP contribution is 2.32. The predicted molar refractivity (Wildman–Crippen MR) is 68.2 cm³/mol. The van der Waals surface area contributed by atoms with Crippen LogP contribution in [-0.2, 0) is 0 Å². The van der Waals surface area contributed by atoms with E-state index in [0.717, 1.165) is 23.1 Å². The van der Waals surface area contributed by atoms with Crippen molar-refractivity contribution in [3.05, 3.63) is 12.0 Å². The van der Waals surface area contributed by atoms with Gasteiger partial charge in [-0.1, -0.05) is 11.3 Å². The zero-order valence-corrected chi connectivity index (χ0v) is 11.2. The van der Waals surface area contributed by atoms with Crippen molar-refractivity contribution < 1.29 is 4.39 Å². The van der Waals surface area contributed by atoms with E-state index in [1.165, 1.54) is 11.3 Å². The molecule has 96 valence electrons. The molecule has 0 aliphatic rings. The van der Waals surface area contributed by atoms with Crippen molar-refractivity contribution >= 4 is 34.2 Å². The Bertz CT molecular complexity index is 544. The Labute approximate surface area is 111 Å². The molecule has 2 aromatic heterocycles. The molecule has 2 heterocycles. The van der Waals surface area contributed by atoms with E-state index in [0.29, 0.717) is 4.34 Å². The Kier molecular flexibility index (Phi) is 3.89. The van der Waals surface area contributed by atoms with Crippen LogP contribution in [0, 0.1) is 5.82 Å². The molecule has 3 N–H and O–H groups in total. The van der Waals surface area contributed by atoms with Crippen LogP contribution in [0.4, 0.5) is 15.5 Å². The van der Waals surface area contributed by atoms with Gasteiger partial charge in [-0.05, 0) is 11.8 Å². The third-order valence-electron chi connectivity index (χ3n) is 1.80. The van der Waals surface area contributed by atoms with Gasteiger partial charge in [0.2, 0.25) is 11.1 Å². The predicted octanol–water partition coefficient (Wildman–Crippen LogP) is 0.970. The fourth-order valence-electron chi connectivity index (χ4n) is 1.000. The Morgan fingerprint density at radius 3 is 2.83 bits per heavy atom. The molecule has 0 unspecified atom stereocenters. The molecule has 18 heavy (non-hydrogen) atoms. The average Bonchev–Trinajstić information content (AvgIpc) is 2.81. The number of nitrogens with one attached hydrogen (secondary N) is 1. The molecule has 0 fully saturated rings. The minimum Gasteiger partial charge on any atom is -0.353 e. The van der Waals surface area contributed by atoms with Crippen molar-refractivity contribution in [1.29, 1.82) is 0 Å². The highest BCUT2D eigenvalue weighted by Gasteiger charge is 2.13. The first-order valence-electron chi connectivity index (χ1n) is 4.78. The van der Waals surface area contributed by atoms with Crippen molar-refractivity contribution in [2.75, 3.05) is 24.4 Å². The van der Waals surface area contributed by atoms with Gasteiger partial charge in [0.15, 0.2) is 10.2 Å². The van der Waals surface area contributed by atoms with Gasteiger partial charge in [-0.15, -0.1) is 10.2 Å². The minimum absolute atomic E-state index is 0.149. The van der Waals surface area contributed by atoms with Crippen LogP contribution in [0.25, 0.3) is 0 Å². The second-order valence-corrected chi connectivity index (χ2v) is 5.53. The number of nitrogens with zero attached hydrogens (tertiary/aromatic N) is 5. The summed E-state index contributed by atoms with van der Waals surface area (Å²) in [7, 11) is 3.72. The van der Waals surface area contributed by atoms with E-state index < -0.39 is 5.82 Å². The molecule has 0 radical (unpaired) electrons. The molecule has 0 aromatic carbocycles. The number of rotatable bonds is 4. The quantitative estimate of drug-likeness (QED) is 0.488. The van der Waals surface area contributed by atoms with Crippen LogP contribution in [0.2, 0.25) is 0 Å². The van der Waals surface area contributed by atoms with E-state index in [1.54, 1.807) is 0 Å². The van der Waals surface area contributed by atoms with Crippen molar-refractivity contribution in [3.63, 3.8) is 0 Å². The van der Waals surface area contributed by atoms with Gasteiger partial charge in [0.25, 0.3) is 0 Å². The minimum atomic E-state index is -0.527. The van der Waals surface area contributed by atoms with Crippen molar-refractivity contribution in [3.8, 4) is 0 Å². The molecular weight excluding hydrogens is 277 g/mol. The second kappa shape index (κ2) is 5.42. The number of nitrogen functional groups attached to an aromatic ring is 1. The van der Waals surface area contributed by atoms with Crippen LogP contribution in [0.5, 0.6) is 0 Å². The lowest BCUT2D eigenvalue weighted by Gasteiger charge is -2.04. The van der Waals surface area contributed by atoms with Gasteiger partial charge in [0, 0.05) is 14.1 Å². The second-order valence-electron chi connectivity index (χ2n) is 3.34. The summed E-state index contributed by atoms with van der Waals surface area (Å²) in [5.41, 5.74) is 2.26. The fraction of sp³-hybridized carbons (Fsp3) is 0.250. The molecule has 7 nitrogen and oxygen atoms in total. The van der Waals surface area contributed by atoms with E-state index in [1.807, 2.05) is 19.0 Å². The van der Waals surface area contributed by atoms with Gasteiger partial charge in [-0.3, -0.25) is 5.43 Å². The largest absolute Gasteiger partial charge is 0.353 e. The molecule has 0 aliphatic heterocycles. The standard InChI is InChI=1S/C8H10FN7S2/c1-16(2)7-14-15-8(18-7)17-5-4(9)3-11-6(12-5)13-10/h3H,10H2,1-2H3,(H,11,12,13). The summed E-state index contributed by atoms with van der Waals surface area (Å²) in [5.74, 6) is 4.79. The lowest BCUT2D eigenvalue weighted by atomic mass is 10.6. The van der Waals surface area contributed by atoms with E-state index in [2.05, 4.69) is 25.6 Å². The summed E-state index contributed by atoms with van der Waals surface area (Å²) in [6.45, 7) is 0. The van der Waals surface area contributed by atoms with Crippen molar-refractivity contribution in [2.45, 2.75) is 9.37 Å². The van der Waals surface area contributed by atoms with Crippen LogP contribution >= 0.6 is 23.1 Å². The highest BCUT2D eigenvalue weighted by atomic mass is 32.2. The third-order valence-corrected chi connectivity index (χ3v) is 3.92. The smallest absolute Gasteiger partial charge is 0.238 e. The number of anilines is 2. The Balaban J connectivity index is 2.22. The van der Waals surface area contributed by atoms with Crippen LogP contribution in [0.1, 0.15) is 0 Å². The molecule has 10 heteroatoms. The molecule has 2 rings (SSSR count). The van der Waals surface area contributed by atoms with Gasteiger partial charge in [-0.25, -0.2) is 20.2 Å². The van der Waals surface area contributed by atoms with Gasteiger partial charge >= 0.3 is 0 Å². The summed E-state index contributed by atoms with van der Waals surface area (Å²) in [6.07, 6.45) is 1.05. The Morgan fingerprint density at radius 1 is 1.44 bits per heavy atom. The summed E-state index contributed by atoms with van der Waals surface area (Å²) in [6, 6.07) is 0. The normalized spacial score (nSPS) is 10.4. The number of nitrogens with two attached hydrogens (primary N) is 1. The molecule has 0 bridgehead atoms. The Morgan fingerprint density at radius 2 is 2.22 bits per heavy atom.